The Morgan fingerprint density at radius 2 is 1.81 bits per heavy atom. The first-order valence-corrected chi connectivity index (χ1v) is 10.0. The van der Waals surface area contributed by atoms with Gasteiger partial charge in [0.1, 0.15) is 11.6 Å². The molecule has 148 valence electrons. The first-order chi connectivity index (χ1) is 12.9. The van der Waals surface area contributed by atoms with Crippen molar-refractivity contribution >= 4 is 0 Å². The molecule has 0 amide bonds. The molecule has 0 unspecified atom stereocenters. The van der Waals surface area contributed by atoms with Gasteiger partial charge in [-0.15, -0.1) is 0 Å². The molecule has 0 aromatic heterocycles. The molecule has 4 saturated heterocycles. The van der Waals surface area contributed by atoms with Crippen molar-refractivity contribution in [2.45, 2.75) is 70.4 Å². The van der Waals surface area contributed by atoms with Gasteiger partial charge in [-0.1, -0.05) is 13.8 Å². The Hall–Kier alpha value is -1.21. The average Bonchev–Trinajstić information content (AvgIpc) is 2.87. The number of hydrogen-bond donors (Lipinski definition) is 0. The van der Waals surface area contributed by atoms with Crippen molar-refractivity contribution in [3.63, 3.8) is 0 Å². The molecular weight excluding hydrogens is 351 g/mol. The van der Waals surface area contributed by atoms with Gasteiger partial charge in [-0.2, -0.15) is 0 Å². The Labute approximate surface area is 159 Å². The molecule has 8 atom stereocenters. The van der Waals surface area contributed by atoms with Gasteiger partial charge in [-0.25, -0.2) is 14.2 Å². The van der Waals surface area contributed by atoms with Crippen LogP contribution in [0.4, 0.5) is 4.39 Å². The fourth-order valence-electron chi connectivity index (χ4n) is 5.65. The van der Waals surface area contributed by atoms with E-state index in [0.717, 1.165) is 25.7 Å². The van der Waals surface area contributed by atoms with Crippen LogP contribution in [0.25, 0.3) is 0 Å². The van der Waals surface area contributed by atoms with Crippen LogP contribution in [0.15, 0.2) is 24.3 Å². The van der Waals surface area contributed by atoms with Crippen LogP contribution in [0.3, 0.4) is 0 Å². The number of fused-ring (bicyclic) bond motifs is 2. The summed E-state index contributed by atoms with van der Waals surface area (Å²) < 4.78 is 32.0. The number of hydrogen-bond acceptors (Lipinski definition) is 5. The van der Waals surface area contributed by atoms with Crippen LogP contribution in [0.1, 0.15) is 46.5 Å². The van der Waals surface area contributed by atoms with E-state index in [1.807, 2.05) is 6.92 Å². The monoisotopic (exact) mass is 378 g/mol. The van der Waals surface area contributed by atoms with Crippen LogP contribution in [0.5, 0.6) is 5.75 Å². The van der Waals surface area contributed by atoms with Gasteiger partial charge in [0.15, 0.2) is 11.9 Å². The Bertz CT molecular complexity index is 711. The second kappa shape index (κ2) is 6.14. The maximum absolute atomic E-state index is 13.2. The normalized spacial score (nSPS) is 48.6. The van der Waals surface area contributed by atoms with Crippen LogP contribution in [-0.2, 0) is 19.2 Å². The molecule has 4 aliphatic heterocycles. The molecule has 6 rings (SSSR count). The van der Waals surface area contributed by atoms with E-state index in [0.29, 0.717) is 17.6 Å². The molecule has 5 aliphatic rings. The van der Waals surface area contributed by atoms with Crippen LogP contribution in [-0.4, -0.2) is 24.0 Å². The molecule has 1 saturated carbocycles. The molecule has 2 bridgehead atoms. The summed E-state index contributed by atoms with van der Waals surface area (Å²) in [5.41, 5.74) is -0.588. The lowest BCUT2D eigenvalue weighted by Gasteiger charge is -2.60. The summed E-state index contributed by atoms with van der Waals surface area (Å²) in [7, 11) is 0. The Morgan fingerprint density at radius 1 is 1.04 bits per heavy atom. The molecule has 0 N–H and O–H groups in total. The van der Waals surface area contributed by atoms with Crippen molar-refractivity contribution in [1.29, 1.82) is 0 Å². The van der Waals surface area contributed by atoms with Gasteiger partial charge >= 0.3 is 0 Å². The van der Waals surface area contributed by atoms with Gasteiger partial charge in [0.05, 0.1) is 0 Å². The van der Waals surface area contributed by atoms with Gasteiger partial charge in [0.2, 0.25) is 12.1 Å². The van der Waals surface area contributed by atoms with Crippen molar-refractivity contribution in [3.8, 4) is 5.75 Å². The van der Waals surface area contributed by atoms with E-state index in [2.05, 4.69) is 13.8 Å². The maximum Gasteiger partial charge on any atom is 0.205 e. The molecule has 5 nitrogen and oxygen atoms in total. The van der Waals surface area contributed by atoms with Crippen LogP contribution >= 0.6 is 0 Å². The highest BCUT2D eigenvalue weighted by Gasteiger charge is 2.69. The van der Waals surface area contributed by atoms with Gasteiger partial charge in [-0.3, -0.25) is 0 Å². The molecule has 1 spiro atoms. The van der Waals surface area contributed by atoms with E-state index in [9.17, 15) is 4.39 Å². The summed E-state index contributed by atoms with van der Waals surface area (Å²) in [5, 5.41) is 0. The van der Waals surface area contributed by atoms with Crippen LogP contribution < -0.4 is 4.74 Å². The zero-order valence-electron chi connectivity index (χ0n) is 16.0. The van der Waals surface area contributed by atoms with E-state index in [-0.39, 0.29) is 17.7 Å². The third-order valence-corrected chi connectivity index (χ3v) is 7.16. The van der Waals surface area contributed by atoms with E-state index < -0.39 is 24.0 Å². The Kier molecular flexibility index (Phi) is 4.06. The number of rotatable bonds is 2. The molecule has 6 heteroatoms. The largest absolute Gasteiger partial charge is 0.465 e. The number of ether oxygens (including phenoxy) is 3. The minimum Gasteiger partial charge on any atom is -0.465 e. The minimum absolute atomic E-state index is 0.0935. The highest BCUT2D eigenvalue weighted by molar-refractivity contribution is 5.22. The average molecular weight is 378 g/mol. The molecule has 4 heterocycles. The fraction of sp³-hybridized carbons (Fsp3) is 0.714. The lowest BCUT2D eigenvalue weighted by molar-refractivity contribution is -0.575. The van der Waals surface area contributed by atoms with Crippen LogP contribution in [0.2, 0.25) is 0 Å². The maximum atomic E-state index is 13.2. The van der Waals surface area contributed by atoms with Gasteiger partial charge in [0, 0.05) is 18.3 Å². The summed E-state index contributed by atoms with van der Waals surface area (Å²) in [6, 6.07) is 6.04. The zero-order chi connectivity index (χ0) is 18.8. The lowest BCUT2D eigenvalue weighted by atomic mass is 9.58. The quantitative estimate of drug-likeness (QED) is 0.713. The molecule has 0 radical (unpaired) electrons. The fourth-order valence-corrected chi connectivity index (χ4v) is 5.65. The Balaban J connectivity index is 1.48. The van der Waals surface area contributed by atoms with Crippen molar-refractivity contribution in [2.75, 3.05) is 0 Å². The number of benzene rings is 1. The summed E-state index contributed by atoms with van der Waals surface area (Å²) in [5.74, 6) is 0.680. The zero-order valence-corrected chi connectivity index (χ0v) is 16.0. The molecular formula is C21H27FO5. The van der Waals surface area contributed by atoms with E-state index in [1.165, 1.54) is 12.1 Å². The molecule has 1 aliphatic carbocycles. The SMILES string of the molecule is C[C@H]1[C@@H](Oc2ccc(F)cc2)O[C@@H]2O[C@@]3(C)CC[C@H]4[C@H](C)CC[C@@H]1[C@@]24OO3. The highest BCUT2D eigenvalue weighted by atomic mass is 19.1. The predicted octanol–water partition coefficient (Wildman–Crippen LogP) is 4.41. The highest BCUT2D eigenvalue weighted by Crippen LogP contribution is 2.60. The first kappa shape index (κ1) is 17.9. The van der Waals surface area contributed by atoms with Gasteiger partial charge < -0.3 is 14.2 Å². The molecule has 1 aromatic rings. The van der Waals surface area contributed by atoms with Crippen molar-refractivity contribution in [3.05, 3.63) is 30.1 Å². The minimum atomic E-state index is -0.793. The molecule has 1 aromatic carbocycles. The predicted molar refractivity (Wildman–Crippen MR) is 93.9 cm³/mol. The summed E-state index contributed by atoms with van der Waals surface area (Å²) in [4.78, 5) is 11.9. The van der Waals surface area contributed by atoms with Crippen molar-refractivity contribution in [2.24, 2.45) is 23.7 Å². The third kappa shape index (κ3) is 2.64. The Morgan fingerprint density at radius 3 is 2.59 bits per heavy atom. The topological polar surface area (TPSA) is 46.2 Å². The van der Waals surface area contributed by atoms with E-state index in [4.69, 9.17) is 24.0 Å². The van der Waals surface area contributed by atoms with Crippen molar-refractivity contribution in [1.82, 2.24) is 0 Å². The van der Waals surface area contributed by atoms with Gasteiger partial charge in [-0.05, 0) is 62.3 Å². The number of halogens is 1. The smallest absolute Gasteiger partial charge is 0.205 e. The third-order valence-electron chi connectivity index (χ3n) is 7.16. The standard InChI is InChI=1S/C21H27FO5/c1-12-4-9-17-13(2)18(23-15-7-5-14(22)6-8-15)24-19-21(17)16(12)10-11-20(3,25-19)26-27-21/h5-8,12-13,16-19H,4,9-11H2,1-3H3/t12-,13-,16+,17+,18+,19-,20-,21-/m1/s1. The van der Waals surface area contributed by atoms with Crippen molar-refractivity contribution < 1.29 is 28.4 Å². The van der Waals surface area contributed by atoms with E-state index in [1.54, 1.807) is 12.1 Å². The summed E-state index contributed by atoms with van der Waals surface area (Å²) in [6.07, 6.45) is 2.95. The second-order valence-electron chi connectivity index (χ2n) is 8.85. The molecule has 5 fully saturated rings. The van der Waals surface area contributed by atoms with E-state index >= 15 is 0 Å². The second-order valence-corrected chi connectivity index (χ2v) is 8.85. The molecule has 27 heavy (non-hydrogen) atoms. The first-order valence-electron chi connectivity index (χ1n) is 10.0. The summed E-state index contributed by atoms with van der Waals surface area (Å²) in [6.45, 7) is 6.34. The van der Waals surface area contributed by atoms with Crippen LogP contribution in [0, 0.1) is 29.5 Å². The van der Waals surface area contributed by atoms with Gasteiger partial charge in [0.25, 0.3) is 0 Å². The lowest BCUT2D eigenvalue weighted by Crippen LogP contribution is -2.70. The summed E-state index contributed by atoms with van der Waals surface area (Å²) >= 11 is 0.